The highest BCUT2D eigenvalue weighted by Gasteiger charge is 2.23. The van der Waals surface area contributed by atoms with Crippen molar-refractivity contribution in [1.82, 2.24) is 20.0 Å². The Morgan fingerprint density at radius 3 is 2.78 bits per heavy atom. The molecule has 0 saturated carbocycles. The summed E-state index contributed by atoms with van der Waals surface area (Å²) in [5, 5.41) is 13.8. The first kappa shape index (κ1) is 19.1. The SMILES string of the molecule is [B]c1cc(-n2c(-c3nonc3NCCCS(=O)(=O)Cl)noc2=O)ccc1F. The smallest absolute Gasteiger partial charge is 0.365 e. The van der Waals surface area contributed by atoms with E-state index in [4.69, 9.17) is 18.5 Å². The van der Waals surface area contributed by atoms with Crippen LogP contribution in [0.5, 0.6) is 0 Å². The van der Waals surface area contributed by atoms with Crippen LogP contribution in [0.25, 0.3) is 17.2 Å². The van der Waals surface area contributed by atoms with Gasteiger partial charge in [-0.05, 0) is 34.9 Å². The second-order valence-corrected chi connectivity index (χ2v) is 8.19. The molecule has 10 nitrogen and oxygen atoms in total. The Morgan fingerprint density at radius 2 is 2.07 bits per heavy atom. The Morgan fingerprint density at radius 1 is 1.30 bits per heavy atom. The lowest BCUT2D eigenvalue weighted by Gasteiger charge is -2.06. The number of benzene rings is 1. The van der Waals surface area contributed by atoms with E-state index >= 15 is 0 Å². The van der Waals surface area contributed by atoms with Gasteiger partial charge in [0.05, 0.1) is 11.4 Å². The third-order valence-corrected chi connectivity index (χ3v) is 4.64. The minimum absolute atomic E-state index is 0.0254. The standard InChI is InChI=1S/C13H10BClFN5O5S/c14-8-6-7(2-3-9(8)16)21-12(20-25-13(21)22)10-11(19-26-18-10)17-4-1-5-27(15,23)24/h2-3,6H,1,4-5H2,(H,17,19). The van der Waals surface area contributed by atoms with Gasteiger partial charge in [0.25, 0.3) is 0 Å². The molecule has 0 unspecified atom stereocenters. The van der Waals surface area contributed by atoms with E-state index in [1.807, 2.05) is 0 Å². The summed E-state index contributed by atoms with van der Waals surface area (Å²) in [6.07, 6.45) is 0.193. The molecule has 3 aromatic rings. The maximum Gasteiger partial charge on any atom is 0.446 e. The van der Waals surface area contributed by atoms with Crippen molar-refractivity contribution in [1.29, 1.82) is 0 Å². The molecule has 2 heterocycles. The minimum atomic E-state index is -3.62. The maximum absolute atomic E-state index is 13.4. The van der Waals surface area contributed by atoms with Crippen molar-refractivity contribution in [3.05, 3.63) is 34.6 Å². The van der Waals surface area contributed by atoms with E-state index in [1.54, 1.807) is 0 Å². The fraction of sp³-hybridized carbons (Fsp3) is 0.231. The zero-order valence-corrected chi connectivity index (χ0v) is 15.0. The molecule has 0 spiro atoms. The quantitative estimate of drug-likeness (QED) is 0.327. The van der Waals surface area contributed by atoms with E-state index in [-0.39, 0.29) is 47.2 Å². The number of hydrogen-bond acceptors (Lipinski definition) is 9. The van der Waals surface area contributed by atoms with Gasteiger partial charge >= 0.3 is 5.76 Å². The molecule has 0 aliphatic carbocycles. The van der Waals surface area contributed by atoms with Gasteiger partial charge in [-0.25, -0.2) is 26.8 Å². The van der Waals surface area contributed by atoms with Gasteiger partial charge in [-0.15, -0.1) is 0 Å². The number of anilines is 1. The van der Waals surface area contributed by atoms with Crippen molar-refractivity contribution in [2.45, 2.75) is 6.42 Å². The summed E-state index contributed by atoms with van der Waals surface area (Å²) < 4.78 is 45.6. The number of hydrogen-bond donors (Lipinski definition) is 1. The van der Waals surface area contributed by atoms with Crippen LogP contribution in [-0.2, 0) is 9.05 Å². The van der Waals surface area contributed by atoms with Crippen LogP contribution in [0.3, 0.4) is 0 Å². The van der Waals surface area contributed by atoms with E-state index in [9.17, 15) is 17.6 Å². The molecule has 0 atom stereocenters. The maximum atomic E-state index is 13.4. The lowest BCUT2D eigenvalue weighted by molar-refractivity contribution is 0.309. The van der Waals surface area contributed by atoms with Crippen molar-refractivity contribution < 1.29 is 22.0 Å². The zero-order valence-electron chi connectivity index (χ0n) is 13.4. The van der Waals surface area contributed by atoms with Gasteiger partial charge in [0.1, 0.15) is 13.7 Å². The first-order valence-corrected chi connectivity index (χ1v) is 9.87. The largest absolute Gasteiger partial charge is 0.446 e. The third kappa shape index (κ3) is 4.36. The molecule has 2 aromatic heterocycles. The Bertz CT molecular complexity index is 1130. The predicted octanol–water partition coefficient (Wildman–Crippen LogP) is 0.179. The Kier molecular flexibility index (Phi) is 5.32. The van der Waals surface area contributed by atoms with Crippen LogP contribution in [0.2, 0.25) is 0 Å². The summed E-state index contributed by atoms with van der Waals surface area (Å²) in [5.74, 6) is -1.73. The lowest BCUT2D eigenvalue weighted by atomic mass is 9.95. The average molecular weight is 414 g/mol. The highest BCUT2D eigenvalue weighted by Crippen LogP contribution is 2.23. The molecule has 27 heavy (non-hydrogen) atoms. The molecule has 1 N–H and O–H groups in total. The van der Waals surface area contributed by atoms with Crippen LogP contribution in [0.4, 0.5) is 10.2 Å². The Labute approximate surface area is 157 Å². The molecule has 0 aliphatic rings. The van der Waals surface area contributed by atoms with E-state index in [2.05, 4.69) is 29.9 Å². The van der Waals surface area contributed by atoms with Crippen LogP contribution in [-0.4, -0.2) is 48.6 Å². The molecular weight excluding hydrogens is 404 g/mol. The number of halogens is 2. The second-order valence-electron chi connectivity index (χ2n) is 5.30. The van der Waals surface area contributed by atoms with Gasteiger partial charge in [0.2, 0.25) is 20.7 Å². The predicted molar refractivity (Wildman–Crippen MR) is 93.5 cm³/mol. The molecule has 14 heteroatoms. The Hall–Kier alpha value is -2.67. The summed E-state index contributed by atoms with van der Waals surface area (Å²) in [5.41, 5.74) is 0.0419. The van der Waals surface area contributed by atoms with Gasteiger partial charge in [-0.3, -0.25) is 4.52 Å². The van der Waals surface area contributed by atoms with Gasteiger partial charge < -0.3 is 5.32 Å². The Balaban J connectivity index is 1.89. The van der Waals surface area contributed by atoms with Gasteiger partial charge in [0, 0.05) is 17.2 Å². The zero-order chi connectivity index (χ0) is 19.6. The average Bonchev–Trinajstić information content (AvgIpc) is 3.19. The van der Waals surface area contributed by atoms with E-state index < -0.39 is 20.6 Å². The molecule has 0 saturated heterocycles. The number of nitrogens with zero attached hydrogens (tertiary/aromatic N) is 4. The summed E-state index contributed by atoms with van der Waals surface area (Å²) in [7, 11) is 7.05. The molecule has 0 fully saturated rings. The number of aromatic nitrogens is 4. The van der Waals surface area contributed by atoms with Crippen LogP contribution < -0.4 is 16.5 Å². The van der Waals surface area contributed by atoms with Crippen LogP contribution in [0.1, 0.15) is 6.42 Å². The highest BCUT2D eigenvalue weighted by molar-refractivity contribution is 8.13. The van der Waals surface area contributed by atoms with Crippen LogP contribution in [0, 0.1) is 5.82 Å². The van der Waals surface area contributed by atoms with Crippen molar-refractivity contribution >= 4 is 38.9 Å². The monoisotopic (exact) mass is 413 g/mol. The van der Waals surface area contributed by atoms with Gasteiger partial charge in [-0.1, -0.05) is 10.6 Å². The van der Waals surface area contributed by atoms with Crippen molar-refractivity contribution in [2.75, 3.05) is 17.6 Å². The van der Waals surface area contributed by atoms with E-state index in [0.717, 1.165) is 10.6 Å². The van der Waals surface area contributed by atoms with Crippen molar-refractivity contribution in [3.8, 4) is 17.2 Å². The second kappa shape index (κ2) is 7.52. The topological polar surface area (TPSA) is 133 Å². The summed E-state index contributed by atoms with van der Waals surface area (Å²) in [4.78, 5) is 12.0. The van der Waals surface area contributed by atoms with Crippen LogP contribution >= 0.6 is 10.7 Å². The summed E-state index contributed by atoms with van der Waals surface area (Å²) in [6.45, 7) is 0.179. The molecule has 0 amide bonds. The van der Waals surface area contributed by atoms with Crippen molar-refractivity contribution in [3.63, 3.8) is 0 Å². The summed E-state index contributed by atoms with van der Waals surface area (Å²) >= 11 is 0. The lowest BCUT2D eigenvalue weighted by Crippen LogP contribution is -2.17. The van der Waals surface area contributed by atoms with E-state index in [0.29, 0.717) is 0 Å². The summed E-state index contributed by atoms with van der Waals surface area (Å²) in [6, 6.07) is 3.61. The first-order valence-electron chi connectivity index (χ1n) is 7.39. The van der Waals surface area contributed by atoms with Crippen molar-refractivity contribution in [2.24, 2.45) is 0 Å². The molecule has 140 valence electrons. The molecular formula is C13H10BClFN5O5S. The molecule has 2 radical (unpaired) electrons. The minimum Gasteiger partial charge on any atom is -0.365 e. The molecule has 0 bridgehead atoms. The van der Waals surface area contributed by atoms with Gasteiger partial charge in [-0.2, -0.15) is 0 Å². The highest BCUT2D eigenvalue weighted by atomic mass is 35.7. The third-order valence-electron chi connectivity index (χ3n) is 3.40. The first-order chi connectivity index (χ1) is 12.8. The number of nitrogens with one attached hydrogen (secondary N) is 1. The van der Waals surface area contributed by atoms with Crippen LogP contribution in [0.15, 0.2) is 32.1 Å². The normalized spacial score (nSPS) is 11.6. The number of rotatable bonds is 7. The molecule has 3 rings (SSSR count). The van der Waals surface area contributed by atoms with E-state index in [1.165, 1.54) is 12.1 Å². The fourth-order valence-electron chi connectivity index (χ4n) is 2.20. The van der Waals surface area contributed by atoms with Gasteiger partial charge in [0.15, 0.2) is 5.69 Å². The fourth-order valence-corrected chi connectivity index (χ4v) is 3.02. The molecule has 0 aliphatic heterocycles. The molecule has 1 aromatic carbocycles.